The fourth-order valence-corrected chi connectivity index (χ4v) is 4.79. The molecular formula is C20H22ClN3OS. The minimum Gasteiger partial charge on any atom is -0.315 e. The molecule has 3 rings (SSSR count). The molecule has 6 heteroatoms. The first-order valence-corrected chi connectivity index (χ1v) is 10.0. The highest BCUT2D eigenvalue weighted by Crippen LogP contribution is 2.36. The van der Waals surface area contributed by atoms with E-state index >= 15 is 0 Å². The number of anilines is 1. The van der Waals surface area contributed by atoms with E-state index in [1.54, 1.807) is 11.3 Å². The van der Waals surface area contributed by atoms with Crippen molar-refractivity contribution in [3.63, 3.8) is 0 Å². The van der Waals surface area contributed by atoms with E-state index in [9.17, 15) is 10.1 Å². The van der Waals surface area contributed by atoms with Gasteiger partial charge in [-0.25, -0.2) is 0 Å². The van der Waals surface area contributed by atoms with Crippen LogP contribution in [0.15, 0.2) is 24.3 Å². The molecule has 0 atom stereocenters. The molecule has 26 heavy (non-hydrogen) atoms. The fourth-order valence-electron chi connectivity index (χ4n) is 3.33. The van der Waals surface area contributed by atoms with Gasteiger partial charge in [0.1, 0.15) is 11.1 Å². The molecule has 0 radical (unpaired) electrons. The zero-order valence-corrected chi connectivity index (χ0v) is 16.4. The average molecular weight is 388 g/mol. The Morgan fingerprint density at radius 1 is 1.31 bits per heavy atom. The Kier molecular flexibility index (Phi) is 6.31. The maximum absolute atomic E-state index is 12.5. The summed E-state index contributed by atoms with van der Waals surface area (Å²) in [5, 5.41) is 13.9. The summed E-state index contributed by atoms with van der Waals surface area (Å²) in [5.41, 5.74) is 2.80. The van der Waals surface area contributed by atoms with E-state index in [4.69, 9.17) is 11.6 Å². The van der Waals surface area contributed by atoms with Gasteiger partial charge in [0.2, 0.25) is 5.91 Å². The highest BCUT2D eigenvalue weighted by Gasteiger charge is 2.21. The van der Waals surface area contributed by atoms with Crippen molar-refractivity contribution in [2.24, 2.45) is 0 Å². The number of likely N-dealkylation sites (N-methyl/N-ethyl adjacent to an activating group) is 1. The van der Waals surface area contributed by atoms with E-state index in [0.29, 0.717) is 22.1 Å². The molecule has 1 N–H and O–H groups in total. The third-order valence-corrected chi connectivity index (χ3v) is 6.17. The van der Waals surface area contributed by atoms with Gasteiger partial charge >= 0.3 is 0 Å². The van der Waals surface area contributed by atoms with Crippen LogP contribution in [0.2, 0.25) is 5.02 Å². The number of amides is 1. The third-order valence-electron chi connectivity index (χ3n) is 4.60. The van der Waals surface area contributed by atoms with Gasteiger partial charge in [0.05, 0.1) is 12.1 Å². The van der Waals surface area contributed by atoms with E-state index in [0.717, 1.165) is 36.8 Å². The number of halogens is 1. The van der Waals surface area contributed by atoms with E-state index < -0.39 is 0 Å². The Hall–Kier alpha value is -1.87. The molecule has 2 aromatic rings. The Morgan fingerprint density at radius 2 is 2.08 bits per heavy atom. The summed E-state index contributed by atoms with van der Waals surface area (Å²) in [5.74, 6) is -0.104. The van der Waals surface area contributed by atoms with E-state index in [1.807, 2.05) is 36.2 Å². The van der Waals surface area contributed by atoms with Gasteiger partial charge in [-0.1, -0.05) is 36.2 Å². The predicted octanol–water partition coefficient (Wildman–Crippen LogP) is 4.61. The Bertz CT molecular complexity index is 840. The predicted molar refractivity (Wildman–Crippen MR) is 107 cm³/mol. The minimum absolute atomic E-state index is 0.104. The van der Waals surface area contributed by atoms with Crippen molar-refractivity contribution in [3.8, 4) is 6.07 Å². The molecule has 0 bridgehead atoms. The second-order valence-corrected chi connectivity index (χ2v) is 8.20. The van der Waals surface area contributed by atoms with Crippen molar-refractivity contribution in [1.29, 1.82) is 5.26 Å². The van der Waals surface area contributed by atoms with Crippen molar-refractivity contribution in [3.05, 3.63) is 50.9 Å². The monoisotopic (exact) mass is 387 g/mol. The van der Waals surface area contributed by atoms with Crippen LogP contribution in [0.4, 0.5) is 5.00 Å². The number of carbonyl (C=O) groups is 1. The summed E-state index contributed by atoms with van der Waals surface area (Å²) < 4.78 is 0. The van der Waals surface area contributed by atoms with E-state index in [-0.39, 0.29) is 12.5 Å². The lowest BCUT2D eigenvalue weighted by Crippen LogP contribution is -2.29. The number of benzene rings is 1. The van der Waals surface area contributed by atoms with Crippen molar-refractivity contribution < 1.29 is 4.79 Å². The highest BCUT2D eigenvalue weighted by atomic mass is 35.5. The summed E-state index contributed by atoms with van der Waals surface area (Å²) in [6.07, 6.45) is 5.44. The maximum Gasteiger partial charge on any atom is 0.239 e. The molecule has 0 unspecified atom stereocenters. The van der Waals surface area contributed by atoms with Gasteiger partial charge in [-0.15, -0.1) is 11.3 Å². The topological polar surface area (TPSA) is 56.1 Å². The Balaban J connectivity index is 1.65. The second kappa shape index (κ2) is 8.68. The number of nitrogens with one attached hydrogen (secondary N) is 1. The summed E-state index contributed by atoms with van der Waals surface area (Å²) in [6, 6.07) is 9.94. The molecule has 1 aromatic carbocycles. The number of thiophene rings is 1. The summed E-state index contributed by atoms with van der Waals surface area (Å²) in [7, 11) is 1.89. The first-order chi connectivity index (χ1) is 12.6. The van der Waals surface area contributed by atoms with Gasteiger partial charge < -0.3 is 5.32 Å². The summed E-state index contributed by atoms with van der Waals surface area (Å²) in [6.45, 7) is 0.845. The van der Waals surface area contributed by atoms with Crippen molar-refractivity contribution in [1.82, 2.24) is 4.90 Å². The molecule has 136 valence electrons. The molecular weight excluding hydrogens is 366 g/mol. The zero-order valence-electron chi connectivity index (χ0n) is 14.8. The highest BCUT2D eigenvalue weighted by molar-refractivity contribution is 7.16. The largest absolute Gasteiger partial charge is 0.315 e. The van der Waals surface area contributed by atoms with Gasteiger partial charge in [0.25, 0.3) is 0 Å². The van der Waals surface area contributed by atoms with Crippen molar-refractivity contribution in [2.75, 3.05) is 18.9 Å². The van der Waals surface area contributed by atoms with Crippen LogP contribution in [0.5, 0.6) is 0 Å². The number of hydrogen-bond donors (Lipinski definition) is 1. The molecule has 1 aromatic heterocycles. The Morgan fingerprint density at radius 3 is 2.85 bits per heavy atom. The molecule has 0 aliphatic heterocycles. The normalized spacial score (nSPS) is 13.8. The van der Waals surface area contributed by atoms with Crippen LogP contribution < -0.4 is 5.32 Å². The Labute approximate surface area is 163 Å². The number of rotatable bonds is 5. The van der Waals surface area contributed by atoms with Crippen LogP contribution in [0.25, 0.3) is 0 Å². The van der Waals surface area contributed by atoms with Crippen LogP contribution >= 0.6 is 22.9 Å². The molecule has 0 fully saturated rings. The average Bonchev–Trinajstić information content (AvgIpc) is 2.76. The van der Waals surface area contributed by atoms with E-state index in [1.165, 1.54) is 11.3 Å². The number of aryl methyl sites for hydroxylation is 1. The number of nitriles is 1. The molecule has 0 saturated carbocycles. The maximum atomic E-state index is 12.5. The number of fused-ring (bicyclic) bond motifs is 1. The lowest BCUT2D eigenvalue weighted by molar-refractivity contribution is -0.117. The molecule has 1 amide bonds. The number of nitrogens with zero attached hydrogens (tertiary/aromatic N) is 2. The molecule has 1 heterocycles. The van der Waals surface area contributed by atoms with Crippen LogP contribution in [0.1, 0.15) is 40.8 Å². The van der Waals surface area contributed by atoms with Crippen LogP contribution in [0.3, 0.4) is 0 Å². The van der Waals surface area contributed by atoms with E-state index in [2.05, 4.69) is 11.4 Å². The standard InChI is InChI=1S/C20H22ClN3OS/c1-24(12-14-7-5-6-9-17(14)21)13-19(25)23-20-16(11-22)15-8-3-2-4-10-18(15)26-20/h5-7,9H,2-4,8,10,12-13H2,1H3,(H,23,25). The lowest BCUT2D eigenvalue weighted by atomic mass is 10.1. The summed E-state index contributed by atoms with van der Waals surface area (Å²) >= 11 is 7.75. The molecule has 1 aliphatic carbocycles. The number of hydrogen-bond acceptors (Lipinski definition) is 4. The third kappa shape index (κ3) is 4.45. The van der Waals surface area contributed by atoms with Crippen molar-refractivity contribution in [2.45, 2.75) is 38.6 Å². The first-order valence-electron chi connectivity index (χ1n) is 8.85. The van der Waals surface area contributed by atoms with Gasteiger partial charge in [-0.2, -0.15) is 5.26 Å². The number of carbonyl (C=O) groups excluding carboxylic acids is 1. The van der Waals surface area contributed by atoms with Crippen LogP contribution in [-0.2, 0) is 24.2 Å². The van der Waals surface area contributed by atoms with Crippen molar-refractivity contribution >= 4 is 33.8 Å². The minimum atomic E-state index is -0.104. The van der Waals surface area contributed by atoms with Gasteiger partial charge in [-0.3, -0.25) is 9.69 Å². The van der Waals surface area contributed by atoms with Gasteiger partial charge in [-0.05, 0) is 49.9 Å². The fraction of sp³-hybridized carbons (Fsp3) is 0.400. The lowest BCUT2D eigenvalue weighted by Gasteiger charge is -2.17. The van der Waals surface area contributed by atoms with Gasteiger partial charge in [0, 0.05) is 16.4 Å². The second-order valence-electron chi connectivity index (χ2n) is 6.69. The van der Waals surface area contributed by atoms with Crippen LogP contribution in [0, 0.1) is 11.3 Å². The first kappa shape index (κ1) is 18.9. The smallest absolute Gasteiger partial charge is 0.239 e. The zero-order chi connectivity index (χ0) is 18.5. The van der Waals surface area contributed by atoms with Crippen LogP contribution in [-0.4, -0.2) is 24.4 Å². The molecule has 1 aliphatic rings. The quantitative estimate of drug-likeness (QED) is 0.762. The molecule has 0 spiro atoms. The summed E-state index contributed by atoms with van der Waals surface area (Å²) in [4.78, 5) is 15.6. The SMILES string of the molecule is CN(CC(=O)Nc1sc2c(c1C#N)CCCCC2)Cc1ccccc1Cl. The molecule has 4 nitrogen and oxygen atoms in total. The van der Waals surface area contributed by atoms with Gasteiger partial charge in [0.15, 0.2) is 0 Å². The molecule has 0 saturated heterocycles.